The monoisotopic (exact) mass is 594 g/mol. The molecule has 42 heavy (non-hydrogen) atoms. The van der Waals surface area contributed by atoms with Crippen molar-refractivity contribution in [2.24, 2.45) is 0 Å². The van der Waals surface area contributed by atoms with E-state index in [0.717, 1.165) is 4.90 Å². The van der Waals surface area contributed by atoms with E-state index in [9.17, 15) is 19.2 Å². The zero-order valence-electron chi connectivity index (χ0n) is 22.0. The molecule has 0 saturated carbocycles. The van der Waals surface area contributed by atoms with Crippen LogP contribution in [-0.2, 0) is 4.74 Å². The van der Waals surface area contributed by atoms with Crippen molar-refractivity contribution in [1.29, 1.82) is 0 Å². The SMILES string of the molecule is CC(OC(=O)c1cc(-c2ccc(N3C(=O)c4ccccc4C3=O)cc2)nc2c(Cl)cccc12)C(=O)c1cccc(Cl)c1. The van der Waals surface area contributed by atoms with Crippen LogP contribution in [0.15, 0.2) is 97.1 Å². The molecule has 206 valence electrons. The maximum absolute atomic E-state index is 13.4. The molecule has 7 nitrogen and oxygen atoms in total. The molecule has 1 atom stereocenters. The highest BCUT2D eigenvalue weighted by Crippen LogP contribution is 2.33. The highest BCUT2D eigenvalue weighted by atomic mass is 35.5. The maximum atomic E-state index is 13.4. The van der Waals surface area contributed by atoms with E-state index in [1.54, 1.807) is 91.0 Å². The molecule has 6 rings (SSSR count). The first-order chi connectivity index (χ1) is 20.2. The molecule has 1 aromatic heterocycles. The van der Waals surface area contributed by atoms with Crippen LogP contribution in [0.2, 0.25) is 10.0 Å². The number of esters is 1. The minimum atomic E-state index is -1.08. The first kappa shape index (κ1) is 27.3. The van der Waals surface area contributed by atoms with Crippen LogP contribution < -0.4 is 4.90 Å². The summed E-state index contributed by atoms with van der Waals surface area (Å²) in [5, 5.41) is 1.18. The Balaban J connectivity index is 1.33. The lowest BCUT2D eigenvalue weighted by molar-refractivity contribution is 0.0320. The van der Waals surface area contributed by atoms with Gasteiger partial charge < -0.3 is 4.74 Å². The Morgan fingerprint density at radius 2 is 1.48 bits per heavy atom. The number of imide groups is 1. The van der Waals surface area contributed by atoms with Crippen LogP contribution in [0.1, 0.15) is 48.4 Å². The molecule has 1 unspecified atom stereocenters. The molecule has 5 aromatic rings. The lowest BCUT2D eigenvalue weighted by Crippen LogP contribution is -2.29. The Kier molecular flexibility index (Phi) is 7.06. The van der Waals surface area contributed by atoms with Gasteiger partial charge in [0.25, 0.3) is 11.8 Å². The van der Waals surface area contributed by atoms with Gasteiger partial charge in [0.1, 0.15) is 0 Å². The van der Waals surface area contributed by atoms with E-state index in [-0.39, 0.29) is 5.56 Å². The topological polar surface area (TPSA) is 93.6 Å². The average molecular weight is 595 g/mol. The molecule has 0 radical (unpaired) electrons. The molecule has 2 amide bonds. The van der Waals surface area contributed by atoms with Crippen molar-refractivity contribution < 1.29 is 23.9 Å². The van der Waals surface area contributed by atoms with Gasteiger partial charge in [-0.2, -0.15) is 0 Å². The molecule has 0 N–H and O–H groups in total. The standard InChI is InChI=1S/C33H20Cl2N2O5/c1-18(30(38)20-6-4-7-21(34)16-20)42-33(41)26-17-28(36-29-23(26)10-5-11-27(29)35)19-12-14-22(15-13-19)37-31(39)24-8-2-3-9-25(24)32(37)40/h2-18H,1H3. The second kappa shape index (κ2) is 10.9. The molecule has 0 fully saturated rings. The number of para-hydroxylation sites is 1. The van der Waals surface area contributed by atoms with Crippen LogP contribution in [0.4, 0.5) is 5.69 Å². The molecule has 0 bridgehead atoms. The fraction of sp³-hybridized carbons (Fsp3) is 0.0606. The lowest BCUT2D eigenvalue weighted by Gasteiger charge is -2.16. The van der Waals surface area contributed by atoms with Crippen LogP contribution in [0.25, 0.3) is 22.2 Å². The normalized spacial score (nSPS) is 13.3. The van der Waals surface area contributed by atoms with Crippen molar-refractivity contribution in [1.82, 2.24) is 4.98 Å². The molecule has 2 heterocycles. The van der Waals surface area contributed by atoms with Crippen molar-refractivity contribution in [3.63, 3.8) is 0 Å². The summed E-state index contributed by atoms with van der Waals surface area (Å²) in [6, 6.07) is 26.4. The Labute approximate surface area is 250 Å². The number of hydrogen-bond acceptors (Lipinski definition) is 6. The summed E-state index contributed by atoms with van der Waals surface area (Å²) in [7, 11) is 0. The number of ether oxygens (including phenoxy) is 1. The summed E-state index contributed by atoms with van der Waals surface area (Å²) in [4.78, 5) is 57.9. The summed E-state index contributed by atoms with van der Waals surface area (Å²) in [5.74, 6) is -1.92. The van der Waals surface area contributed by atoms with Crippen molar-refractivity contribution in [2.45, 2.75) is 13.0 Å². The number of rotatable bonds is 6. The Morgan fingerprint density at radius 3 is 2.14 bits per heavy atom. The van der Waals surface area contributed by atoms with E-state index in [2.05, 4.69) is 4.98 Å². The predicted molar refractivity (Wildman–Crippen MR) is 160 cm³/mol. The van der Waals surface area contributed by atoms with Crippen LogP contribution in [0, 0.1) is 0 Å². The summed E-state index contributed by atoms with van der Waals surface area (Å²) in [6.07, 6.45) is -1.08. The number of amides is 2. The molecule has 0 saturated heterocycles. The van der Waals surface area contributed by atoms with Crippen LogP contribution in [0.5, 0.6) is 0 Å². The molecule has 4 aromatic carbocycles. The minimum absolute atomic E-state index is 0.174. The zero-order chi connectivity index (χ0) is 29.5. The number of carbonyl (C=O) groups is 4. The number of benzene rings is 4. The van der Waals surface area contributed by atoms with Crippen molar-refractivity contribution in [3.05, 3.63) is 129 Å². The maximum Gasteiger partial charge on any atom is 0.339 e. The third kappa shape index (κ3) is 4.83. The summed E-state index contributed by atoms with van der Waals surface area (Å²) in [5.41, 5.74) is 2.99. The number of pyridine rings is 1. The largest absolute Gasteiger partial charge is 0.451 e. The zero-order valence-corrected chi connectivity index (χ0v) is 23.5. The quantitative estimate of drug-likeness (QED) is 0.115. The number of halogens is 2. The lowest BCUT2D eigenvalue weighted by atomic mass is 10.0. The first-order valence-electron chi connectivity index (χ1n) is 12.9. The third-order valence-electron chi connectivity index (χ3n) is 6.99. The number of anilines is 1. The van der Waals surface area contributed by atoms with Gasteiger partial charge in [0.05, 0.1) is 38.6 Å². The predicted octanol–water partition coefficient (Wildman–Crippen LogP) is 7.44. The Hall–Kier alpha value is -4.85. The second-order valence-electron chi connectivity index (χ2n) is 9.65. The van der Waals surface area contributed by atoms with Gasteiger partial charge in [0.2, 0.25) is 5.78 Å². The van der Waals surface area contributed by atoms with Crippen LogP contribution in [0.3, 0.4) is 0 Å². The number of aromatic nitrogens is 1. The number of hydrogen-bond donors (Lipinski definition) is 0. The van der Waals surface area contributed by atoms with Crippen molar-refractivity contribution in [3.8, 4) is 11.3 Å². The van der Waals surface area contributed by atoms with Gasteiger partial charge in [-0.25, -0.2) is 14.7 Å². The van der Waals surface area contributed by atoms with E-state index in [4.69, 9.17) is 27.9 Å². The highest BCUT2D eigenvalue weighted by Gasteiger charge is 2.36. The minimum Gasteiger partial charge on any atom is -0.451 e. The molecule has 9 heteroatoms. The summed E-state index contributed by atoms with van der Waals surface area (Å²) >= 11 is 12.5. The molecule has 0 aliphatic carbocycles. The van der Waals surface area contributed by atoms with E-state index in [1.165, 1.54) is 13.0 Å². The van der Waals surface area contributed by atoms with E-state index in [0.29, 0.717) is 54.6 Å². The summed E-state index contributed by atoms with van der Waals surface area (Å²) in [6.45, 7) is 1.50. The van der Waals surface area contributed by atoms with Crippen LogP contribution >= 0.6 is 23.2 Å². The summed E-state index contributed by atoms with van der Waals surface area (Å²) < 4.78 is 5.59. The average Bonchev–Trinajstić information content (AvgIpc) is 3.26. The fourth-order valence-corrected chi connectivity index (χ4v) is 5.30. The second-order valence-corrected chi connectivity index (χ2v) is 10.5. The van der Waals surface area contributed by atoms with E-state index < -0.39 is 29.7 Å². The van der Waals surface area contributed by atoms with Gasteiger partial charge in [0.15, 0.2) is 6.10 Å². The van der Waals surface area contributed by atoms with Gasteiger partial charge >= 0.3 is 5.97 Å². The van der Waals surface area contributed by atoms with Gasteiger partial charge in [-0.15, -0.1) is 0 Å². The van der Waals surface area contributed by atoms with Crippen molar-refractivity contribution in [2.75, 3.05) is 4.90 Å². The number of ketones is 1. The van der Waals surface area contributed by atoms with Gasteiger partial charge in [0, 0.05) is 21.5 Å². The van der Waals surface area contributed by atoms with Crippen LogP contribution in [-0.4, -0.2) is 34.7 Å². The third-order valence-corrected chi connectivity index (χ3v) is 7.53. The molecular weight excluding hydrogens is 575 g/mol. The first-order valence-corrected chi connectivity index (χ1v) is 13.7. The number of carbonyl (C=O) groups excluding carboxylic acids is 4. The number of Topliss-reactive ketones (excluding diaryl/α,β-unsaturated/α-hetero) is 1. The highest BCUT2D eigenvalue weighted by molar-refractivity contribution is 6.36. The smallest absolute Gasteiger partial charge is 0.339 e. The molecule has 1 aliphatic rings. The van der Waals surface area contributed by atoms with E-state index >= 15 is 0 Å². The number of nitrogens with zero attached hydrogens (tertiary/aromatic N) is 2. The van der Waals surface area contributed by atoms with Crippen molar-refractivity contribution >= 4 is 63.4 Å². The molecule has 1 aliphatic heterocycles. The van der Waals surface area contributed by atoms with Gasteiger partial charge in [-0.05, 0) is 55.5 Å². The van der Waals surface area contributed by atoms with Gasteiger partial charge in [-0.3, -0.25) is 14.4 Å². The number of fused-ring (bicyclic) bond motifs is 2. The Bertz CT molecular complexity index is 1900. The fourth-order valence-electron chi connectivity index (χ4n) is 4.89. The van der Waals surface area contributed by atoms with Gasteiger partial charge in [-0.1, -0.05) is 71.7 Å². The van der Waals surface area contributed by atoms with E-state index in [1.807, 2.05) is 0 Å². The molecular formula is C33H20Cl2N2O5. The molecule has 0 spiro atoms. The Morgan fingerprint density at radius 1 is 0.810 bits per heavy atom.